The maximum absolute atomic E-state index is 12.2. The average molecular weight is 269 g/mol. The molecule has 0 bridgehead atoms. The van der Waals surface area contributed by atoms with Crippen molar-refractivity contribution in [1.29, 1.82) is 0 Å². The third kappa shape index (κ3) is 3.16. The van der Waals surface area contributed by atoms with E-state index in [0.717, 1.165) is 25.8 Å². The lowest BCUT2D eigenvalue weighted by Crippen LogP contribution is -2.44. The Kier molecular flexibility index (Phi) is 4.46. The quantitative estimate of drug-likeness (QED) is 0.804. The van der Waals surface area contributed by atoms with Crippen LogP contribution in [0.1, 0.15) is 32.6 Å². The zero-order valence-corrected chi connectivity index (χ0v) is 11.4. The van der Waals surface area contributed by atoms with Crippen LogP contribution in [0.15, 0.2) is 5.16 Å². The van der Waals surface area contributed by atoms with Crippen LogP contribution in [-0.2, 0) is 4.79 Å². The molecule has 0 unspecified atom stereocenters. The highest BCUT2D eigenvalue weighted by molar-refractivity contribution is 7.99. The van der Waals surface area contributed by atoms with E-state index in [2.05, 4.69) is 22.1 Å². The van der Waals surface area contributed by atoms with Gasteiger partial charge in [-0.25, -0.2) is 5.10 Å². The van der Waals surface area contributed by atoms with E-state index in [1.54, 1.807) is 0 Å². The minimum Gasteiger partial charge on any atom is -0.368 e. The summed E-state index contributed by atoms with van der Waals surface area (Å²) in [5.41, 5.74) is 5.43. The van der Waals surface area contributed by atoms with Gasteiger partial charge in [-0.3, -0.25) is 4.79 Å². The Morgan fingerprint density at radius 3 is 3.11 bits per heavy atom. The number of rotatable bonds is 4. The lowest BCUT2D eigenvalue weighted by Gasteiger charge is -2.35. The van der Waals surface area contributed by atoms with Crippen molar-refractivity contribution in [2.45, 2.75) is 43.8 Å². The molecular formula is C11H19N5OS. The van der Waals surface area contributed by atoms with Crippen LogP contribution in [-0.4, -0.2) is 44.3 Å². The fraction of sp³-hybridized carbons (Fsp3) is 0.727. The highest BCUT2D eigenvalue weighted by Gasteiger charge is 2.25. The number of likely N-dealkylation sites (tertiary alicyclic amines) is 1. The molecule has 0 radical (unpaired) electrons. The largest absolute Gasteiger partial charge is 0.368 e. The first-order chi connectivity index (χ1) is 8.70. The first-order valence-electron chi connectivity index (χ1n) is 6.31. The van der Waals surface area contributed by atoms with E-state index < -0.39 is 0 Å². The van der Waals surface area contributed by atoms with Crippen molar-refractivity contribution in [3.05, 3.63) is 0 Å². The average Bonchev–Trinajstić information content (AvgIpc) is 2.81. The number of H-pyrrole nitrogens is 1. The standard InChI is InChI=1S/C11H19N5OS/c1-2-8-5-3-4-6-16(8)9(17)7-18-11-13-10(12)14-15-11/h8H,2-7H2,1H3,(H3,12,13,14,15)/t8-/m0/s1. The summed E-state index contributed by atoms with van der Waals surface area (Å²) in [6.07, 6.45) is 4.50. The summed E-state index contributed by atoms with van der Waals surface area (Å²) in [6, 6.07) is 0.407. The minimum atomic E-state index is 0.176. The molecular weight excluding hydrogens is 250 g/mol. The van der Waals surface area contributed by atoms with Gasteiger partial charge in [0, 0.05) is 12.6 Å². The molecule has 100 valence electrons. The zero-order valence-electron chi connectivity index (χ0n) is 10.6. The van der Waals surface area contributed by atoms with Crippen molar-refractivity contribution in [3.8, 4) is 0 Å². The topological polar surface area (TPSA) is 87.9 Å². The number of nitrogens with one attached hydrogen (secondary N) is 1. The number of aromatic amines is 1. The predicted molar refractivity (Wildman–Crippen MR) is 71.2 cm³/mol. The molecule has 1 aromatic rings. The number of carbonyl (C=O) groups is 1. The lowest BCUT2D eigenvalue weighted by atomic mass is 10.0. The second kappa shape index (κ2) is 6.08. The number of nitrogen functional groups attached to an aromatic ring is 1. The molecule has 0 aliphatic carbocycles. The molecule has 1 aromatic heterocycles. The van der Waals surface area contributed by atoms with Gasteiger partial charge in [-0.2, -0.15) is 4.98 Å². The molecule has 0 spiro atoms. The number of amides is 1. The summed E-state index contributed by atoms with van der Waals surface area (Å²) >= 11 is 1.33. The number of anilines is 1. The van der Waals surface area contributed by atoms with Gasteiger partial charge in [-0.1, -0.05) is 18.7 Å². The van der Waals surface area contributed by atoms with E-state index in [9.17, 15) is 4.79 Å². The van der Waals surface area contributed by atoms with E-state index in [-0.39, 0.29) is 11.9 Å². The molecule has 0 saturated carbocycles. The SMILES string of the molecule is CC[C@H]1CCCCN1C(=O)CSc1n[nH]c(N)n1. The summed E-state index contributed by atoms with van der Waals surface area (Å²) < 4.78 is 0. The molecule has 2 heterocycles. The molecule has 1 aliphatic heterocycles. The van der Waals surface area contributed by atoms with E-state index in [4.69, 9.17) is 5.73 Å². The fourth-order valence-corrected chi connectivity index (χ4v) is 2.98. The van der Waals surface area contributed by atoms with Gasteiger partial charge < -0.3 is 10.6 Å². The Balaban J connectivity index is 1.86. The molecule has 1 amide bonds. The van der Waals surface area contributed by atoms with Crippen LogP contribution in [0.25, 0.3) is 0 Å². The van der Waals surface area contributed by atoms with Crippen molar-refractivity contribution in [3.63, 3.8) is 0 Å². The summed E-state index contributed by atoms with van der Waals surface area (Å²) in [5, 5.41) is 7.00. The highest BCUT2D eigenvalue weighted by atomic mass is 32.2. The van der Waals surface area contributed by atoms with Crippen LogP contribution >= 0.6 is 11.8 Å². The van der Waals surface area contributed by atoms with Crippen molar-refractivity contribution in [2.75, 3.05) is 18.0 Å². The van der Waals surface area contributed by atoms with Crippen LogP contribution in [0.4, 0.5) is 5.95 Å². The van der Waals surface area contributed by atoms with Gasteiger partial charge in [0.1, 0.15) is 0 Å². The maximum atomic E-state index is 12.2. The Morgan fingerprint density at radius 2 is 2.44 bits per heavy atom. The van der Waals surface area contributed by atoms with Crippen LogP contribution in [0, 0.1) is 0 Å². The Hall–Kier alpha value is -1.24. The number of hydrogen-bond acceptors (Lipinski definition) is 5. The Morgan fingerprint density at radius 1 is 1.61 bits per heavy atom. The molecule has 2 rings (SSSR count). The van der Waals surface area contributed by atoms with Gasteiger partial charge in [0.15, 0.2) is 0 Å². The number of nitrogens with zero attached hydrogens (tertiary/aromatic N) is 3. The van der Waals surface area contributed by atoms with Gasteiger partial charge in [0.05, 0.1) is 5.75 Å². The monoisotopic (exact) mass is 269 g/mol. The van der Waals surface area contributed by atoms with Crippen molar-refractivity contribution in [2.24, 2.45) is 0 Å². The molecule has 1 saturated heterocycles. The maximum Gasteiger partial charge on any atom is 0.233 e. The van der Waals surface area contributed by atoms with Gasteiger partial charge >= 0.3 is 0 Å². The van der Waals surface area contributed by atoms with Crippen molar-refractivity contribution in [1.82, 2.24) is 20.1 Å². The van der Waals surface area contributed by atoms with Gasteiger partial charge in [-0.15, -0.1) is 5.10 Å². The number of carbonyl (C=O) groups excluding carboxylic acids is 1. The van der Waals surface area contributed by atoms with Crippen LogP contribution in [0.2, 0.25) is 0 Å². The number of nitrogens with two attached hydrogens (primary N) is 1. The lowest BCUT2D eigenvalue weighted by molar-refractivity contribution is -0.132. The Bertz CT molecular complexity index is 408. The van der Waals surface area contributed by atoms with Crippen molar-refractivity contribution < 1.29 is 4.79 Å². The molecule has 3 N–H and O–H groups in total. The number of aromatic nitrogens is 3. The molecule has 7 heteroatoms. The van der Waals surface area contributed by atoms with Crippen LogP contribution in [0.5, 0.6) is 0 Å². The van der Waals surface area contributed by atoms with E-state index in [1.807, 2.05) is 4.90 Å². The highest BCUT2D eigenvalue weighted by Crippen LogP contribution is 2.21. The molecule has 1 atom stereocenters. The number of hydrogen-bond donors (Lipinski definition) is 2. The molecule has 1 aliphatic rings. The minimum absolute atomic E-state index is 0.176. The third-order valence-corrected chi connectivity index (χ3v) is 4.06. The van der Waals surface area contributed by atoms with E-state index in [0.29, 0.717) is 17.0 Å². The molecule has 18 heavy (non-hydrogen) atoms. The molecule has 6 nitrogen and oxygen atoms in total. The van der Waals surface area contributed by atoms with Gasteiger partial charge in [-0.05, 0) is 25.7 Å². The predicted octanol–water partition coefficient (Wildman–Crippen LogP) is 1.27. The zero-order chi connectivity index (χ0) is 13.0. The fourth-order valence-electron chi connectivity index (χ4n) is 2.29. The first-order valence-corrected chi connectivity index (χ1v) is 7.29. The number of piperidine rings is 1. The van der Waals surface area contributed by atoms with Crippen molar-refractivity contribution >= 4 is 23.6 Å². The molecule has 1 fully saturated rings. The van der Waals surface area contributed by atoms with E-state index >= 15 is 0 Å². The second-order valence-corrected chi connectivity index (χ2v) is 5.38. The summed E-state index contributed by atoms with van der Waals surface area (Å²) in [7, 11) is 0. The van der Waals surface area contributed by atoms with Gasteiger partial charge in [0.2, 0.25) is 17.0 Å². The van der Waals surface area contributed by atoms with Crippen LogP contribution < -0.4 is 5.73 Å². The second-order valence-electron chi connectivity index (χ2n) is 4.44. The normalized spacial score (nSPS) is 20.1. The number of thioether (sulfide) groups is 1. The summed E-state index contributed by atoms with van der Waals surface area (Å²) in [5.74, 6) is 0.845. The smallest absolute Gasteiger partial charge is 0.233 e. The van der Waals surface area contributed by atoms with E-state index in [1.165, 1.54) is 18.2 Å². The van der Waals surface area contributed by atoms with Gasteiger partial charge in [0.25, 0.3) is 0 Å². The molecule has 0 aromatic carbocycles. The summed E-state index contributed by atoms with van der Waals surface area (Å²) in [6.45, 7) is 3.02. The van der Waals surface area contributed by atoms with Crippen LogP contribution in [0.3, 0.4) is 0 Å². The third-order valence-electron chi connectivity index (χ3n) is 3.23. The first kappa shape index (κ1) is 13.2. The Labute approximate surface area is 111 Å². The summed E-state index contributed by atoms with van der Waals surface area (Å²) in [4.78, 5) is 18.1.